The lowest BCUT2D eigenvalue weighted by molar-refractivity contribution is -0.153. The highest BCUT2D eigenvalue weighted by molar-refractivity contribution is 5.90. The van der Waals surface area contributed by atoms with Crippen LogP contribution in [0.4, 0.5) is 0 Å². The van der Waals surface area contributed by atoms with Gasteiger partial charge in [-0.05, 0) is 37.6 Å². The number of hydrogen-bond acceptors (Lipinski definition) is 4. The molecular formula is C21H23NO4. The van der Waals surface area contributed by atoms with E-state index in [9.17, 15) is 9.59 Å². The molecule has 0 bridgehead atoms. The zero-order valence-corrected chi connectivity index (χ0v) is 14.9. The van der Waals surface area contributed by atoms with Crippen LogP contribution in [0.25, 0.3) is 6.08 Å². The van der Waals surface area contributed by atoms with Crippen molar-refractivity contribution in [2.45, 2.75) is 26.0 Å². The number of carbonyl (C=O) groups is 2. The molecule has 0 heterocycles. The topological polar surface area (TPSA) is 64.6 Å². The summed E-state index contributed by atoms with van der Waals surface area (Å²) < 4.78 is 10.9. The normalized spacial score (nSPS) is 12.0. The maximum absolute atomic E-state index is 12.3. The summed E-state index contributed by atoms with van der Waals surface area (Å²) in [6, 6.07) is 18.4. The second-order valence-corrected chi connectivity index (χ2v) is 5.96. The molecule has 26 heavy (non-hydrogen) atoms. The van der Waals surface area contributed by atoms with Crippen molar-refractivity contribution >= 4 is 18.0 Å². The van der Waals surface area contributed by atoms with Crippen LogP contribution in [0, 0.1) is 0 Å². The molecule has 1 atom stereocenters. The summed E-state index contributed by atoms with van der Waals surface area (Å²) in [5, 5.41) is 2.74. The number of benzene rings is 2. The lowest BCUT2D eigenvalue weighted by atomic mass is 10.2. The Balaban J connectivity index is 1.99. The third-order valence-corrected chi connectivity index (χ3v) is 3.34. The molecule has 1 unspecified atom stereocenters. The van der Waals surface area contributed by atoms with Crippen LogP contribution in [0.15, 0.2) is 66.7 Å². The van der Waals surface area contributed by atoms with Crippen LogP contribution < -0.4 is 10.1 Å². The van der Waals surface area contributed by atoms with Crippen molar-refractivity contribution in [3.8, 4) is 5.75 Å². The van der Waals surface area contributed by atoms with Gasteiger partial charge in [0, 0.05) is 12.1 Å². The molecular weight excluding hydrogens is 330 g/mol. The van der Waals surface area contributed by atoms with E-state index in [1.807, 2.05) is 62.4 Å². The number of para-hydroxylation sites is 1. The van der Waals surface area contributed by atoms with Gasteiger partial charge < -0.3 is 14.8 Å². The largest absolute Gasteiger partial charge is 0.489 e. The van der Waals surface area contributed by atoms with Crippen LogP contribution in [0.1, 0.15) is 19.4 Å². The second kappa shape index (κ2) is 10.0. The average molecular weight is 353 g/mol. The SMILES string of the molecule is CC(C)NC(=O)C(COc1ccccc1)OC(=O)/C=C/c1ccccc1. The van der Waals surface area contributed by atoms with Gasteiger partial charge in [-0.2, -0.15) is 0 Å². The highest BCUT2D eigenvalue weighted by Crippen LogP contribution is 2.10. The molecule has 5 heteroatoms. The van der Waals surface area contributed by atoms with Crippen molar-refractivity contribution in [3.05, 3.63) is 72.3 Å². The molecule has 0 saturated heterocycles. The predicted octanol–water partition coefficient (Wildman–Crippen LogP) is 3.22. The molecule has 0 fully saturated rings. The summed E-state index contributed by atoms with van der Waals surface area (Å²) in [5.74, 6) is -0.391. The first-order chi connectivity index (χ1) is 12.5. The molecule has 0 aromatic heterocycles. The van der Waals surface area contributed by atoms with Gasteiger partial charge in [-0.1, -0.05) is 48.5 Å². The zero-order valence-electron chi connectivity index (χ0n) is 14.9. The van der Waals surface area contributed by atoms with Crippen molar-refractivity contribution < 1.29 is 19.1 Å². The molecule has 2 rings (SSSR count). The van der Waals surface area contributed by atoms with Crippen molar-refractivity contribution in [1.82, 2.24) is 5.32 Å². The summed E-state index contributed by atoms with van der Waals surface area (Å²) in [6.45, 7) is 3.61. The molecule has 0 aliphatic rings. The van der Waals surface area contributed by atoms with Gasteiger partial charge in [0.2, 0.25) is 6.10 Å². The molecule has 2 aromatic rings. The summed E-state index contributed by atoms with van der Waals surface area (Å²) in [7, 11) is 0. The van der Waals surface area contributed by atoms with E-state index >= 15 is 0 Å². The highest BCUT2D eigenvalue weighted by atomic mass is 16.6. The highest BCUT2D eigenvalue weighted by Gasteiger charge is 2.23. The molecule has 0 spiro atoms. The van der Waals surface area contributed by atoms with Gasteiger partial charge in [0.05, 0.1) is 0 Å². The quantitative estimate of drug-likeness (QED) is 0.585. The van der Waals surface area contributed by atoms with Crippen molar-refractivity contribution in [2.75, 3.05) is 6.61 Å². The minimum atomic E-state index is -1.04. The van der Waals surface area contributed by atoms with Crippen molar-refractivity contribution in [1.29, 1.82) is 0 Å². The number of rotatable bonds is 8. The first-order valence-corrected chi connectivity index (χ1v) is 8.46. The fraction of sp³-hybridized carbons (Fsp3) is 0.238. The number of ether oxygens (including phenoxy) is 2. The number of nitrogens with one attached hydrogen (secondary N) is 1. The maximum atomic E-state index is 12.3. The number of carbonyl (C=O) groups excluding carboxylic acids is 2. The zero-order chi connectivity index (χ0) is 18.8. The monoisotopic (exact) mass is 353 g/mol. The Hall–Kier alpha value is -3.08. The maximum Gasteiger partial charge on any atom is 0.331 e. The van der Waals surface area contributed by atoms with Crippen molar-refractivity contribution in [2.24, 2.45) is 0 Å². The van der Waals surface area contributed by atoms with E-state index in [4.69, 9.17) is 9.47 Å². The Morgan fingerprint density at radius 3 is 2.23 bits per heavy atom. The number of esters is 1. The molecule has 0 aliphatic heterocycles. The van der Waals surface area contributed by atoms with Gasteiger partial charge in [-0.3, -0.25) is 4.79 Å². The van der Waals surface area contributed by atoms with Crippen LogP contribution in [-0.2, 0) is 14.3 Å². The van der Waals surface area contributed by atoms with E-state index in [1.165, 1.54) is 6.08 Å². The average Bonchev–Trinajstić information content (AvgIpc) is 2.64. The van der Waals surface area contributed by atoms with Crippen LogP contribution >= 0.6 is 0 Å². The minimum Gasteiger partial charge on any atom is -0.489 e. The second-order valence-electron chi connectivity index (χ2n) is 5.96. The summed E-state index contributed by atoms with van der Waals surface area (Å²) in [4.78, 5) is 24.4. The van der Waals surface area contributed by atoms with Crippen LogP contribution in [0.3, 0.4) is 0 Å². The minimum absolute atomic E-state index is 0.0620. The van der Waals surface area contributed by atoms with E-state index in [-0.39, 0.29) is 12.6 Å². The van der Waals surface area contributed by atoms with E-state index in [2.05, 4.69) is 5.32 Å². The molecule has 0 saturated carbocycles. The fourth-order valence-corrected chi connectivity index (χ4v) is 2.14. The predicted molar refractivity (Wildman–Crippen MR) is 101 cm³/mol. The lowest BCUT2D eigenvalue weighted by Crippen LogP contribution is -2.43. The first kappa shape index (κ1) is 19.2. The Morgan fingerprint density at radius 2 is 1.62 bits per heavy atom. The van der Waals surface area contributed by atoms with Gasteiger partial charge in [0.15, 0.2) is 0 Å². The van der Waals surface area contributed by atoms with Crippen LogP contribution in [0.5, 0.6) is 5.75 Å². The summed E-state index contributed by atoms with van der Waals surface area (Å²) in [6.07, 6.45) is 1.90. The number of hydrogen-bond donors (Lipinski definition) is 1. The van der Waals surface area contributed by atoms with E-state index in [0.717, 1.165) is 5.56 Å². The van der Waals surface area contributed by atoms with Gasteiger partial charge in [-0.25, -0.2) is 4.79 Å². The first-order valence-electron chi connectivity index (χ1n) is 8.46. The fourth-order valence-electron chi connectivity index (χ4n) is 2.14. The van der Waals surface area contributed by atoms with Gasteiger partial charge >= 0.3 is 5.97 Å². The van der Waals surface area contributed by atoms with Gasteiger partial charge in [0.25, 0.3) is 5.91 Å². The molecule has 5 nitrogen and oxygen atoms in total. The molecule has 0 aliphatic carbocycles. The van der Waals surface area contributed by atoms with E-state index < -0.39 is 18.0 Å². The van der Waals surface area contributed by atoms with Gasteiger partial charge in [0.1, 0.15) is 12.4 Å². The van der Waals surface area contributed by atoms with Crippen LogP contribution in [-0.4, -0.2) is 30.6 Å². The summed E-state index contributed by atoms with van der Waals surface area (Å²) in [5.41, 5.74) is 0.869. The standard InChI is InChI=1S/C21H23NO4/c1-16(2)22-21(24)19(15-25-18-11-7-4-8-12-18)26-20(23)14-13-17-9-5-3-6-10-17/h3-14,16,19H,15H2,1-2H3,(H,22,24)/b14-13+. The summed E-state index contributed by atoms with van der Waals surface area (Å²) >= 11 is 0. The Labute approximate surface area is 153 Å². The Bertz CT molecular complexity index is 726. The lowest BCUT2D eigenvalue weighted by Gasteiger charge is -2.19. The third-order valence-electron chi connectivity index (χ3n) is 3.34. The van der Waals surface area contributed by atoms with E-state index in [1.54, 1.807) is 18.2 Å². The molecule has 1 N–H and O–H groups in total. The smallest absolute Gasteiger partial charge is 0.331 e. The van der Waals surface area contributed by atoms with Crippen molar-refractivity contribution in [3.63, 3.8) is 0 Å². The molecule has 136 valence electrons. The van der Waals surface area contributed by atoms with Crippen LogP contribution in [0.2, 0.25) is 0 Å². The van der Waals surface area contributed by atoms with E-state index in [0.29, 0.717) is 5.75 Å². The third kappa shape index (κ3) is 6.81. The molecule has 2 aromatic carbocycles. The Kier molecular flexibility index (Phi) is 7.43. The molecule has 0 radical (unpaired) electrons. The van der Waals surface area contributed by atoms with Gasteiger partial charge in [-0.15, -0.1) is 0 Å². The Morgan fingerprint density at radius 1 is 1.00 bits per heavy atom. The molecule has 1 amide bonds. The number of amides is 1.